The number of halogens is 3. The van der Waals surface area contributed by atoms with Crippen molar-refractivity contribution in [2.45, 2.75) is 19.0 Å². The zero-order chi connectivity index (χ0) is 23.7. The Hall–Kier alpha value is -3.71. The smallest absolute Gasteiger partial charge is 0.378 e. The van der Waals surface area contributed by atoms with Crippen molar-refractivity contribution >= 4 is 28.2 Å². The summed E-state index contributed by atoms with van der Waals surface area (Å²) < 4.78 is 45.8. The predicted molar refractivity (Wildman–Crippen MR) is 119 cm³/mol. The van der Waals surface area contributed by atoms with Gasteiger partial charge in [-0.1, -0.05) is 5.92 Å². The predicted octanol–water partition coefficient (Wildman–Crippen LogP) is 3.63. The van der Waals surface area contributed by atoms with E-state index in [2.05, 4.69) is 37.0 Å². The topological polar surface area (TPSA) is 80.2 Å². The summed E-state index contributed by atoms with van der Waals surface area (Å²) in [5, 5.41) is 2.69. The average molecular weight is 467 g/mol. The van der Waals surface area contributed by atoms with Gasteiger partial charge in [-0.25, -0.2) is 15.0 Å². The molecule has 2 fully saturated rings. The van der Waals surface area contributed by atoms with Crippen molar-refractivity contribution in [2.75, 3.05) is 36.5 Å². The van der Waals surface area contributed by atoms with E-state index in [0.717, 1.165) is 44.0 Å². The van der Waals surface area contributed by atoms with Crippen LogP contribution in [0.5, 0.6) is 0 Å². The van der Waals surface area contributed by atoms with Crippen LogP contribution in [0.3, 0.4) is 0 Å². The number of alkyl halides is 3. The molecule has 0 spiro atoms. The van der Waals surface area contributed by atoms with Crippen LogP contribution in [-0.2, 0) is 15.7 Å². The van der Waals surface area contributed by atoms with Crippen molar-refractivity contribution in [1.29, 1.82) is 0 Å². The second kappa shape index (κ2) is 8.91. The van der Waals surface area contributed by atoms with Crippen molar-refractivity contribution in [3.8, 4) is 11.8 Å². The van der Waals surface area contributed by atoms with E-state index in [4.69, 9.17) is 4.74 Å². The van der Waals surface area contributed by atoms with E-state index < -0.39 is 11.9 Å². The summed E-state index contributed by atoms with van der Waals surface area (Å²) in [6, 6.07) is 5.08. The minimum atomic E-state index is -4.65. The van der Waals surface area contributed by atoms with Crippen molar-refractivity contribution in [3.63, 3.8) is 0 Å². The van der Waals surface area contributed by atoms with Crippen LogP contribution < -0.4 is 10.2 Å². The maximum absolute atomic E-state index is 13.5. The number of hydrogen-bond acceptors (Lipinski definition) is 6. The molecule has 1 saturated carbocycles. The van der Waals surface area contributed by atoms with E-state index in [1.165, 1.54) is 6.07 Å². The second-order valence-electron chi connectivity index (χ2n) is 8.15. The van der Waals surface area contributed by atoms with Crippen LogP contribution in [0.15, 0.2) is 36.8 Å². The summed E-state index contributed by atoms with van der Waals surface area (Å²) >= 11 is 0. The molecule has 1 saturated heterocycles. The fourth-order valence-corrected chi connectivity index (χ4v) is 3.70. The van der Waals surface area contributed by atoms with Gasteiger partial charge in [0.05, 0.1) is 30.7 Å². The number of fused-ring (bicyclic) bond motifs is 1. The Morgan fingerprint density at radius 3 is 2.50 bits per heavy atom. The molecule has 0 atom stereocenters. The molecule has 4 heterocycles. The van der Waals surface area contributed by atoms with Crippen LogP contribution in [0.1, 0.15) is 29.8 Å². The second-order valence-corrected chi connectivity index (χ2v) is 8.15. The molecule has 3 aromatic heterocycles. The molecular formula is C24H20F3N5O2. The molecular weight excluding hydrogens is 447 g/mol. The Labute approximate surface area is 193 Å². The number of pyridine rings is 3. The van der Waals surface area contributed by atoms with Crippen LogP contribution in [0.2, 0.25) is 0 Å². The number of hydrogen-bond donors (Lipinski definition) is 1. The summed E-state index contributed by atoms with van der Waals surface area (Å²) in [7, 11) is 0. The average Bonchev–Trinajstić information content (AvgIpc) is 3.68. The number of rotatable bonds is 3. The summed E-state index contributed by atoms with van der Waals surface area (Å²) in [5.74, 6) is 5.71. The first-order chi connectivity index (χ1) is 16.4. The summed E-state index contributed by atoms with van der Waals surface area (Å²) in [5.41, 5.74) is 0.666. The lowest BCUT2D eigenvalue weighted by Gasteiger charge is -2.28. The highest BCUT2D eigenvalue weighted by molar-refractivity contribution is 5.97. The molecule has 10 heteroatoms. The number of morpholine rings is 1. The number of carbonyl (C=O) groups is 1. The van der Waals surface area contributed by atoms with E-state index >= 15 is 0 Å². The fourth-order valence-electron chi connectivity index (χ4n) is 3.70. The van der Waals surface area contributed by atoms with Crippen LogP contribution in [0, 0.1) is 17.8 Å². The first-order valence-corrected chi connectivity index (χ1v) is 10.9. The zero-order valence-corrected chi connectivity index (χ0v) is 18.0. The summed E-state index contributed by atoms with van der Waals surface area (Å²) in [6.45, 7) is 2.88. The molecule has 1 aliphatic carbocycles. The molecule has 0 aromatic carbocycles. The lowest BCUT2D eigenvalue weighted by Crippen LogP contribution is -2.36. The van der Waals surface area contributed by atoms with Gasteiger partial charge in [-0.2, -0.15) is 13.2 Å². The lowest BCUT2D eigenvalue weighted by atomic mass is 10.1. The van der Waals surface area contributed by atoms with Crippen LogP contribution in [-0.4, -0.2) is 47.2 Å². The van der Waals surface area contributed by atoms with Gasteiger partial charge in [0.2, 0.25) is 5.91 Å². The summed E-state index contributed by atoms with van der Waals surface area (Å²) in [4.78, 5) is 26.2. The van der Waals surface area contributed by atoms with Gasteiger partial charge in [0.25, 0.3) is 0 Å². The van der Waals surface area contributed by atoms with E-state index in [1.54, 1.807) is 12.3 Å². The molecule has 7 nitrogen and oxygen atoms in total. The number of carbonyl (C=O) groups excluding carboxylic acids is 1. The van der Waals surface area contributed by atoms with Crippen LogP contribution >= 0.6 is 0 Å². The van der Waals surface area contributed by atoms with Gasteiger partial charge in [-0.15, -0.1) is 0 Å². The minimum absolute atomic E-state index is 0.0635. The molecule has 1 amide bonds. The minimum Gasteiger partial charge on any atom is -0.378 e. The molecule has 174 valence electrons. The Bertz CT molecular complexity index is 1290. The van der Waals surface area contributed by atoms with Gasteiger partial charge < -0.3 is 15.0 Å². The van der Waals surface area contributed by atoms with Crippen molar-refractivity contribution in [3.05, 3.63) is 53.7 Å². The van der Waals surface area contributed by atoms with Gasteiger partial charge in [0.15, 0.2) is 5.69 Å². The maximum Gasteiger partial charge on any atom is 0.434 e. The molecule has 5 rings (SSSR count). The Kier molecular flexibility index (Phi) is 5.79. The normalized spacial score (nSPS) is 16.1. The molecule has 34 heavy (non-hydrogen) atoms. The molecule has 3 aromatic rings. The lowest BCUT2D eigenvalue weighted by molar-refractivity contribution is -0.139. The number of ether oxygens (including phenoxy) is 1. The third-order valence-electron chi connectivity index (χ3n) is 5.69. The zero-order valence-electron chi connectivity index (χ0n) is 18.0. The monoisotopic (exact) mass is 467 g/mol. The van der Waals surface area contributed by atoms with Gasteiger partial charge in [-0.3, -0.25) is 4.79 Å². The fraction of sp³-hybridized carbons (Fsp3) is 0.333. The Morgan fingerprint density at radius 1 is 1.03 bits per heavy atom. The highest BCUT2D eigenvalue weighted by Gasteiger charge is 2.35. The van der Waals surface area contributed by atoms with E-state index in [1.807, 2.05) is 6.07 Å². The largest absolute Gasteiger partial charge is 0.434 e. The molecule has 1 N–H and O–H groups in total. The Balaban J connectivity index is 1.47. The first-order valence-electron chi connectivity index (χ1n) is 10.9. The van der Waals surface area contributed by atoms with Gasteiger partial charge >= 0.3 is 6.18 Å². The number of aromatic nitrogens is 3. The number of amides is 1. The highest BCUT2D eigenvalue weighted by atomic mass is 19.4. The molecule has 0 unspecified atom stereocenters. The van der Waals surface area contributed by atoms with Crippen LogP contribution in [0.4, 0.5) is 24.7 Å². The third kappa shape index (κ3) is 4.79. The summed E-state index contributed by atoms with van der Waals surface area (Å²) in [6.07, 6.45) is 0.835. The number of anilines is 2. The van der Waals surface area contributed by atoms with Gasteiger partial charge in [-0.05, 0) is 37.0 Å². The first kappa shape index (κ1) is 22.1. The van der Waals surface area contributed by atoms with Crippen molar-refractivity contribution in [2.24, 2.45) is 5.92 Å². The van der Waals surface area contributed by atoms with Crippen molar-refractivity contribution < 1.29 is 22.7 Å². The van der Waals surface area contributed by atoms with Crippen molar-refractivity contribution in [1.82, 2.24) is 15.0 Å². The van der Waals surface area contributed by atoms with Crippen LogP contribution in [0.25, 0.3) is 10.8 Å². The SMILES string of the molecule is O=C(Nc1cc2c(C#Cc3ccc(N4CCOCC4)cn3)cnc(C(F)(F)F)c2cn1)C1CC1. The van der Waals surface area contributed by atoms with Gasteiger partial charge in [0, 0.05) is 42.2 Å². The molecule has 0 bridgehead atoms. The Morgan fingerprint density at radius 2 is 1.82 bits per heavy atom. The number of nitrogens with one attached hydrogen (secondary N) is 1. The number of nitrogens with zero attached hydrogens (tertiary/aromatic N) is 4. The van der Waals surface area contributed by atoms with Gasteiger partial charge in [0.1, 0.15) is 11.5 Å². The maximum atomic E-state index is 13.5. The standard InChI is InChI=1S/C24H20F3N5O2/c25-24(26,27)22-20-14-29-21(31-23(33)15-1-2-15)11-19(20)16(12-30-22)3-4-17-5-6-18(13-28-17)32-7-9-34-10-8-32/h5-6,11-15H,1-2,7-10H2,(H,29,31,33). The van der Waals surface area contributed by atoms with E-state index in [0.29, 0.717) is 18.9 Å². The molecule has 0 radical (unpaired) electrons. The third-order valence-corrected chi connectivity index (χ3v) is 5.69. The molecule has 2 aliphatic rings. The highest BCUT2D eigenvalue weighted by Crippen LogP contribution is 2.35. The molecule has 1 aliphatic heterocycles. The van der Waals surface area contributed by atoms with E-state index in [-0.39, 0.29) is 34.0 Å². The quantitative estimate of drug-likeness (QED) is 0.593. The van der Waals surface area contributed by atoms with E-state index in [9.17, 15) is 18.0 Å².